The van der Waals surface area contributed by atoms with Gasteiger partial charge in [-0.25, -0.2) is 0 Å². The van der Waals surface area contributed by atoms with Crippen LogP contribution in [0.3, 0.4) is 0 Å². The number of nitrogens with zero attached hydrogens (tertiary/aromatic N) is 1. The molecule has 0 radical (unpaired) electrons. The molecule has 0 saturated carbocycles. The number of rotatable bonds is 8. The zero-order valence-electron chi connectivity index (χ0n) is 12.4. The topological polar surface area (TPSA) is 57.2 Å². The van der Waals surface area contributed by atoms with Gasteiger partial charge < -0.3 is 15.7 Å². The lowest BCUT2D eigenvalue weighted by molar-refractivity contribution is 0.273. The van der Waals surface area contributed by atoms with Gasteiger partial charge in [0.05, 0.1) is 36.4 Å². The maximum atomic E-state index is 9.56. The molecule has 1 atom stereocenters. The van der Waals surface area contributed by atoms with Crippen LogP contribution in [0.4, 0.5) is 11.4 Å². The van der Waals surface area contributed by atoms with Gasteiger partial charge in [0.1, 0.15) is 0 Å². The first-order chi connectivity index (χ1) is 10.3. The number of aliphatic hydroxyl groups excluding tert-OH is 1. The first-order valence-corrected chi connectivity index (χ1v) is 7.42. The van der Waals surface area contributed by atoms with E-state index in [0.717, 1.165) is 30.8 Å². The highest BCUT2D eigenvalue weighted by atomic mass is 16.3. The lowest BCUT2D eigenvalue weighted by atomic mass is 10.1. The molecule has 4 nitrogen and oxygen atoms in total. The van der Waals surface area contributed by atoms with Crippen molar-refractivity contribution in [3.05, 3.63) is 54.4 Å². The first-order valence-electron chi connectivity index (χ1n) is 7.42. The molecule has 4 heteroatoms. The Morgan fingerprint density at radius 2 is 1.90 bits per heavy atom. The van der Waals surface area contributed by atoms with Crippen LogP contribution in [0.5, 0.6) is 0 Å². The molecule has 21 heavy (non-hydrogen) atoms. The quantitative estimate of drug-likeness (QED) is 0.698. The molecule has 0 amide bonds. The van der Waals surface area contributed by atoms with Crippen molar-refractivity contribution in [2.24, 2.45) is 0 Å². The SMILES string of the molecule is CCCNc1cncc(NC(CO)Cc2ccccc2)c1. The molecule has 0 spiro atoms. The van der Waals surface area contributed by atoms with E-state index in [-0.39, 0.29) is 12.6 Å². The lowest BCUT2D eigenvalue weighted by Crippen LogP contribution is -2.26. The minimum atomic E-state index is -0.0179. The fraction of sp³-hybridized carbons (Fsp3) is 0.353. The number of aliphatic hydroxyl groups is 1. The van der Waals surface area contributed by atoms with E-state index in [4.69, 9.17) is 0 Å². The smallest absolute Gasteiger partial charge is 0.0636 e. The monoisotopic (exact) mass is 285 g/mol. The highest BCUT2D eigenvalue weighted by Gasteiger charge is 2.08. The second kappa shape index (κ2) is 8.27. The summed E-state index contributed by atoms with van der Waals surface area (Å²) in [6.07, 6.45) is 5.45. The summed E-state index contributed by atoms with van der Waals surface area (Å²) in [5.74, 6) is 0. The predicted octanol–water partition coefficient (Wildman–Crippen LogP) is 2.92. The van der Waals surface area contributed by atoms with E-state index in [0.29, 0.717) is 0 Å². The van der Waals surface area contributed by atoms with Gasteiger partial charge in [0, 0.05) is 6.54 Å². The standard InChI is InChI=1S/C17H23N3O/c1-2-8-19-15-10-16(12-18-11-15)20-17(13-21)9-14-6-4-3-5-7-14/h3-7,10-12,17,19-21H,2,8-9,13H2,1H3. The summed E-state index contributed by atoms with van der Waals surface area (Å²) in [5.41, 5.74) is 3.13. The molecule has 0 fully saturated rings. The van der Waals surface area contributed by atoms with Gasteiger partial charge in [-0.05, 0) is 24.5 Å². The zero-order valence-corrected chi connectivity index (χ0v) is 12.4. The summed E-state index contributed by atoms with van der Waals surface area (Å²) in [4.78, 5) is 4.23. The van der Waals surface area contributed by atoms with Gasteiger partial charge >= 0.3 is 0 Å². The van der Waals surface area contributed by atoms with E-state index in [1.54, 1.807) is 6.20 Å². The van der Waals surface area contributed by atoms with Crippen LogP contribution in [0.1, 0.15) is 18.9 Å². The number of hydrogen-bond acceptors (Lipinski definition) is 4. The van der Waals surface area contributed by atoms with E-state index in [9.17, 15) is 5.11 Å². The second-order valence-electron chi connectivity index (χ2n) is 5.10. The number of hydrogen-bond donors (Lipinski definition) is 3. The number of aromatic nitrogens is 1. The zero-order chi connectivity index (χ0) is 14.9. The highest BCUT2D eigenvalue weighted by molar-refractivity contribution is 5.54. The molecular formula is C17H23N3O. The number of anilines is 2. The maximum absolute atomic E-state index is 9.56. The Balaban J connectivity index is 1.98. The van der Waals surface area contributed by atoms with Crippen molar-refractivity contribution in [3.8, 4) is 0 Å². The Morgan fingerprint density at radius 1 is 1.14 bits per heavy atom. The number of nitrogens with one attached hydrogen (secondary N) is 2. The second-order valence-corrected chi connectivity index (χ2v) is 5.10. The summed E-state index contributed by atoms with van der Waals surface area (Å²) in [7, 11) is 0. The van der Waals surface area contributed by atoms with Crippen LogP contribution in [-0.2, 0) is 6.42 Å². The molecule has 0 aliphatic rings. The van der Waals surface area contributed by atoms with Crippen molar-refractivity contribution < 1.29 is 5.11 Å². The van der Waals surface area contributed by atoms with Gasteiger partial charge in [-0.1, -0.05) is 37.3 Å². The Labute approximate surface area is 126 Å². The van der Waals surface area contributed by atoms with Gasteiger partial charge in [-0.15, -0.1) is 0 Å². The molecule has 0 saturated heterocycles. The van der Waals surface area contributed by atoms with Crippen LogP contribution in [0, 0.1) is 0 Å². The normalized spacial score (nSPS) is 11.9. The lowest BCUT2D eigenvalue weighted by Gasteiger charge is -2.18. The van der Waals surface area contributed by atoms with Crippen molar-refractivity contribution in [2.45, 2.75) is 25.8 Å². The van der Waals surface area contributed by atoms with Gasteiger partial charge in [0.2, 0.25) is 0 Å². The van der Waals surface area contributed by atoms with Crippen LogP contribution >= 0.6 is 0 Å². The van der Waals surface area contributed by atoms with Crippen LogP contribution in [0.15, 0.2) is 48.8 Å². The Bertz CT molecular complexity index is 531. The van der Waals surface area contributed by atoms with Gasteiger partial charge in [-0.3, -0.25) is 4.98 Å². The van der Waals surface area contributed by atoms with Gasteiger partial charge in [0.25, 0.3) is 0 Å². The molecule has 3 N–H and O–H groups in total. The van der Waals surface area contributed by atoms with Crippen molar-refractivity contribution >= 4 is 11.4 Å². The third kappa shape index (κ3) is 5.08. The third-order valence-corrected chi connectivity index (χ3v) is 3.23. The minimum absolute atomic E-state index is 0.0179. The fourth-order valence-electron chi connectivity index (χ4n) is 2.18. The molecule has 1 unspecified atom stereocenters. The number of pyridine rings is 1. The molecule has 1 aromatic carbocycles. The van der Waals surface area contributed by atoms with E-state index in [1.165, 1.54) is 5.56 Å². The van der Waals surface area contributed by atoms with Gasteiger partial charge in [-0.2, -0.15) is 0 Å². The Kier molecular flexibility index (Phi) is 6.03. The molecule has 1 heterocycles. The summed E-state index contributed by atoms with van der Waals surface area (Å²) < 4.78 is 0. The maximum Gasteiger partial charge on any atom is 0.0636 e. The molecule has 1 aromatic heterocycles. The summed E-state index contributed by atoms with van der Waals surface area (Å²) >= 11 is 0. The Morgan fingerprint density at radius 3 is 2.62 bits per heavy atom. The van der Waals surface area contributed by atoms with Crippen LogP contribution < -0.4 is 10.6 Å². The first kappa shape index (κ1) is 15.3. The largest absolute Gasteiger partial charge is 0.394 e. The summed E-state index contributed by atoms with van der Waals surface area (Å²) in [5, 5.41) is 16.2. The molecule has 0 bridgehead atoms. The number of benzene rings is 1. The molecule has 2 aromatic rings. The fourth-order valence-corrected chi connectivity index (χ4v) is 2.18. The van der Waals surface area contributed by atoms with E-state index in [1.807, 2.05) is 30.5 Å². The average molecular weight is 285 g/mol. The van der Waals surface area contributed by atoms with Crippen molar-refractivity contribution in [3.63, 3.8) is 0 Å². The molecule has 112 valence electrons. The van der Waals surface area contributed by atoms with Gasteiger partial charge in [0.15, 0.2) is 0 Å². The summed E-state index contributed by atoms with van der Waals surface area (Å²) in [6.45, 7) is 3.14. The van der Waals surface area contributed by atoms with Crippen molar-refractivity contribution in [1.29, 1.82) is 0 Å². The van der Waals surface area contributed by atoms with Crippen molar-refractivity contribution in [2.75, 3.05) is 23.8 Å². The minimum Gasteiger partial charge on any atom is -0.394 e. The van der Waals surface area contributed by atoms with Crippen molar-refractivity contribution in [1.82, 2.24) is 4.98 Å². The van der Waals surface area contributed by atoms with E-state index < -0.39 is 0 Å². The summed E-state index contributed by atoms with van der Waals surface area (Å²) in [6, 6.07) is 12.2. The molecule has 0 aliphatic heterocycles. The third-order valence-electron chi connectivity index (χ3n) is 3.23. The van der Waals surface area contributed by atoms with Crippen LogP contribution in [-0.4, -0.2) is 29.3 Å². The molecule has 2 rings (SSSR count). The predicted molar refractivity (Wildman–Crippen MR) is 87.7 cm³/mol. The van der Waals surface area contributed by atoms with Crippen LogP contribution in [0.25, 0.3) is 0 Å². The van der Waals surface area contributed by atoms with E-state index in [2.05, 4.69) is 34.7 Å². The van der Waals surface area contributed by atoms with E-state index >= 15 is 0 Å². The molecular weight excluding hydrogens is 262 g/mol. The van der Waals surface area contributed by atoms with Crippen LogP contribution in [0.2, 0.25) is 0 Å². The average Bonchev–Trinajstić information content (AvgIpc) is 2.53. The highest BCUT2D eigenvalue weighted by Crippen LogP contribution is 2.15. The Hall–Kier alpha value is -2.07. The molecule has 0 aliphatic carbocycles.